The number of carbonyl (C=O) groups is 1. The molecule has 0 saturated carbocycles. The Labute approximate surface area is 188 Å². The quantitative estimate of drug-likeness (QED) is 0.505. The molecular formula is C22H28N4O5S. The van der Waals surface area contributed by atoms with Gasteiger partial charge in [-0.3, -0.25) is 14.9 Å². The first-order valence-corrected chi connectivity index (χ1v) is 11.9. The molecule has 2 aromatic rings. The average molecular weight is 461 g/mol. The van der Waals surface area contributed by atoms with Crippen LogP contribution in [0.5, 0.6) is 0 Å². The lowest BCUT2D eigenvalue weighted by Gasteiger charge is -2.33. The van der Waals surface area contributed by atoms with Gasteiger partial charge in [0.2, 0.25) is 10.0 Å². The van der Waals surface area contributed by atoms with Crippen molar-refractivity contribution in [1.82, 2.24) is 10.0 Å². The molecule has 2 aromatic carbocycles. The summed E-state index contributed by atoms with van der Waals surface area (Å²) >= 11 is 0. The molecule has 172 valence electrons. The van der Waals surface area contributed by atoms with Gasteiger partial charge < -0.3 is 10.2 Å². The van der Waals surface area contributed by atoms with E-state index in [9.17, 15) is 23.3 Å². The Kier molecular flexibility index (Phi) is 6.85. The normalized spacial score (nSPS) is 15.4. The van der Waals surface area contributed by atoms with Crippen molar-refractivity contribution in [2.45, 2.75) is 50.1 Å². The molecule has 0 bridgehead atoms. The van der Waals surface area contributed by atoms with Crippen molar-refractivity contribution in [3.05, 3.63) is 64.2 Å². The van der Waals surface area contributed by atoms with Crippen LogP contribution in [-0.2, 0) is 10.0 Å². The molecule has 0 radical (unpaired) electrons. The number of nitrogens with zero attached hydrogens (tertiary/aromatic N) is 2. The molecule has 9 nitrogen and oxygen atoms in total. The van der Waals surface area contributed by atoms with E-state index < -0.39 is 20.5 Å². The Bertz CT molecular complexity index is 1090. The molecule has 0 spiro atoms. The lowest BCUT2D eigenvalue weighted by atomic mass is 10.0. The summed E-state index contributed by atoms with van der Waals surface area (Å²) in [5.74, 6) is -0.143. The van der Waals surface area contributed by atoms with Gasteiger partial charge in [-0.1, -0.05) is 18.2 Å². The molecule has 32 heavy (non-hydrogen) atoms. The van der Waals surface area contributed by atoms with Crippen LogP contribution in [-0.4, -0.2) is 43.9 Å². The molecule has 1 fully saturated rings. The number of benzene rings is 2. The average Bonchev–Trinajstić information content (AvgIpc) is 2.73. The first kappa shape index (κ1) is 23.7. The number of amides is 1. The zero-order valence-corrected chi connectivity index (χ0v) is 19.2. The highest BCUT2D eigenvalue weighted by Gasteiger charge is 2.29. The fraction of sp³-hybridized carbons (Fsp3) is 0.409. The minimum absolute atomic E-state index is 0.0337. The summed E-state index contributed by atoms with van der Waals surface area (Å²) in [6.07, 6.45) is 1.25. The number of anilines is 1. The lowest BCUT2D eigenvalue weighted by molar-refractivity contribution is -0.384. The van der Waals surface area contributed by atoms with Crippen LogP contribution in [0.1, 0.15) is 44.0 Å². The third-order valence-corrected chi connectivity index (χ3v) is 6.86. The van der Waals surface area contributed by atoms with Crippen molar-refractivity contribution in [2.75, 3.05) is 18.0 Å². The van der Waals surface area contributed by atoms with E-state index in [1.807, 2.05) is 11.0 Å². The van der Waals surface area contributed by atoms with Gasteiger partial charge in [0.05, 0.1) is 9.82 Å². The first-order valence-electron chi connectivity index (χ1n) is 10.4. The summed E-state index contributed by atoms with van der Waals surface area (Å²) < 4.78 is 27.7. The molecule has 0 unspecified atom stereocenters. The van der Waals surface area contributed by atoms with Crippen molar-refractivity contribution >= 4 is 27.3 Å². The molecule has 1 heterocycles. The number of nitro benzene ring substituents is 1. The zero-order chi connectivity index (χ0) is 23.5. The Morgan fingerprint density at radius 3 is 2.28 bits per heavy atom. The largest absolute Gasteiger partial charge is 0.366 e. The van der Waals surface area contributed by atoms with E-state index >= 15 is 0 Å². The molecule has 0 aliphatic carbocycles. The standard InChI is InChI=1S/C22H28N4O5S/c1-22(2,3)24-32(30,31)18-9-10-19(20(15-18)26(28)29)25-13-11-17(12-14-25)23-21(27)16-7-5-4-6-8-16/h4-10,15,17,24H,11-14H2,1-3H3,(H,23,27). The number of sulfonamides is 1. The van der Waals surface area contributed by atoms with Gasteiger partial charge in [0.1, 0.15) is 5.69 Å². The van der Waals surface area contributed by atoms with Crippen LogP contribution in [0.4, 0.5) is 11.4 Å². The molecule has 3 rings (SSSR count). The Hall–Kier alpha value is -2.98. The predicted octanol–water partition coefficient (Wildman–Crippen LogP) is 3.07. The number of carbonyl (C=O) groups excluding carboxylic acids is 1. The van der Waals surface area contributed by atoms with Crippen molar-refractivity contribution < 1.29 is 18.1 Å². The van der Waals surface area contributed by atoms with Gasteiger partial charge in [0, 0.05) is 36.3 Å². The summed E-state index contributed by atoms with van der Waals surface area (Å²) in [5.41, 5.74) is -0.00411. The van der Waals surface area contributed by atoms with E-state index in [-0.39, 0.29) is 22.5 Å². The van der Waals surface area contributed by atoms with Crippen LogP contribution in [0.2, 0.25) is 0 Å². The topological polar surface area (TPSA) is 122 Å². The number of nitro groups is 1. The van der Waals surface area contributed by atoms with Gasteiger partial charge in [0.15, 0.2) is 0 Å². The van der Waals surface area contributed by atoms with Crippen LogP contribution in [0.15, 0.2) is 53.4 Å². The maximum Gasteiger partial charge on any atom is 0.293 e. The van der Waals surface area contributed by atoms with E-state index in [0.29, 0.717) is 37.2 Å². The van der Waals surface area contributed by atoms with Gasteiger partial charge in [-0.2, -0.15) is 0 Å². The van der Waals surface area contributed by atoms with Crippen molar-refractivity contribution in [3.8, 4) is 0 Å². The number of hydrogen-bond acceptors (Lipinski definition) is 6. The summed E-state index contributed by atoms with van der Waals surface area (Å²) in [6, 6.07) is 12.9. The second-order valence-corrected chi connectivity index (χ2v) is 10.5. The minimum atomic E-state index is -3.89. The van der Waals surface area contributed by atoms with Crippen LogP contribution in [0, 0.1) is 10.1 Å². The third-order valence-electron chi connectivity index (χ3n) is 5.10. The lowest BCUT2D eigenvalue weighted by Crippen LogP contribution is -2.45. The maximum atomic E-state index is 12.6. The van der Waals surface area contributed by atoms with Gasteiger partial charge in [-0.15, -0.1) is 0 Å². The van der Waals surface area contributed by atoms with Gasteiger partial charge in [-0.25, -0.2) is 13.1 Å². The molecule has 10 heteroatoms. The van der Waals surface area contributed by atoms with Crippen LogP contribution in [0.3, 0.4) is 0 Å². The van der Waals surface area contributed by atoms with E-state index in [4.69, 9.17) is 0 Å². The molecule has 1 amide bonds. The highest BCUT2D eigenvalue weighted by atomic mass is 32.2. The second-order valence-electron chi connectivity index (χ2n) is 8.86. The maximum absolute atomic E-state index is 12.6. The van der Waals surface area contributed by atoms with Crippen molar-refractivity contribution in [2.24, 2.45) is 0 Å². The summed E-state index contributed by atoms with van der Waals surface area (Å²) in [7, 11) is -3.89. The van der Waals surface area contributed by atoms with Crippen LogP contribution < -0.4 is 14.9 Å². The van der Waals surface area contributed by atoms with Crippen LogP contribution in [0.25, 0.3) is 0 Å². The van der Waals surface area contributed by atoms with E-state index in [2.05, 4.69) is 10.0 Å². The molecule has 2 N–H and O–H groups in total. The first-order chi connectivity index (χ1) is 15.0. The van der Waals surface area contributed by atoms with E-state index in [0.717, 1.165) is 6.07 Å². The summed E-state index contributed by atoms with van der Waals surface area (Å²) in [6.45, 7) is 6.12. The fourth-order valence-electron chi connectivity index (χ4n) is 3.67. The van der Waals surface area contributed by atoms with E-state index in [1.54, 1.807) is 45.0 Å². The molecule has 1 aliphatic rings. The SMILES string of the molecule is CC(C)(C)NS(=O)(=O)c1ccc(N2CCC(NC(=O)c3ccccc3)CC2)c([N+](=O)[O-])c1. The summed E-state index contributed by atoms with van der Waals surface area (Å²) in [4.78, 5) is 25.2. The molecular weight excluding hydrogens is 432 g/mol. The molecule has 1 saturated heterocycles. The zero-order valence-electron chi connectivity index (χ0n) is 18.4. The molecule has 0 aromatic heterocycles. The van der Waals surface area contributed by atoms with Crippen molar-refractivity contribution in [3.63, 3.8) is 0 Å². The van der Waals surface area contributed by atoms with Gasteiger partial charge >= 0.3 is 0 Å². The monoisotopic (exact) mass is 460 g/mol. The second kappa shape index (κ2) is 9.25. The number of piperidine rings is 1. The molecule has 1 aliphatic heterocycles. The van der Waals surface area contributed by atoms with E-state index in [1.165, 1.54) is 12.1 Å². The third kappa shape index (κ3) is 5.83. The molecule has 0 atom stereocenters. The minimum Gasteiger partial charge on any atom is -0.366 e. The fourth-order valence-corrected chi connectivity index (χ4v) is 5.11. The number of rotatable bonds is 6. The van der Waals surface area contributed by atoms with Gasteiger partial charge in [0.25, 0.3) is 11.6 Å². The smallest absolute Gasteiger partial charge is 0.293 e. The van der Waals surface area contributed by atoms with Crippen molar-refractivity contribution in [1.29, 1.82) is 0 Å². The number of nitrogens with one attached hydrogen (secondary N) is 2. The number of hydrogen-bond donors (Lipinski definition) is 2. The van der Waals surface area contributed by atoms with Gasteiger partial charge in [-0.05, 0) is 57.9 Å². The summed E-state index contributed by atoms with van der Waals surface area (Å²) in [5, 5.41) is 14.7. The Morgan fingerprint density at radius 1 is 1.09 bits per heavy atom. The Morgan fingerprint density at radius 2 is 1.72 bits per heavy atom. The van der Waals surface area contributed by atoms with Crippen LogP contribution >= 0.6 is 0 Å². The predicted molar refractivity (Wildman–Crippen MR) is 122 cm³/mol. The highest BCUT2D eigenvalue weighted by Crippen LogP contribution is 2.33. The highest BCUT2D eigenvalue weighted by molar-refractivity contribution is 7.89. The Balaban J connectivity index is 1.72.